The molecule has 3 N–H and O–H groups in total. The van der Waals surface area contributed by atoms with Gasteiger partial charge in [-0.3, -0.25) is 14.3 Å². The van der Waals surface area contributed by atoms with E-state index in [0.29, 0.717) is 24.8 Å². The van der Waals surface area contributed by atoms with Gasteiger partial charge in [0.1, 0.15) is 18.5 Å². The molecule has 0 unspecified atom stereocenters. The van der Waals surface area contributed by atoms with Crippen LogP contribution in [0.1, 0.15) is 18.9 Å². The van der Waals surface area contributed by atoms with Gasteiger partial charge in [-0.15, -0.1) is 0 Å². The molecular weight excluding hydrogens is 402 g/mol. The van der Waals surface area contributed by atoms with Crippen LogP contribution in [0.4, 0.5) is 5.95 Å². The predicted molar refractivity (Wildman–Crippen MR) is 118 cm³/mol. The third-order valence-electron chi connectivity index (χ3n) is 4.96. The first-order valence-corrected chi connectivity index (χ1v) is 10.3. The molecule has 168 valence electrons. The Labute approximate surface area is 179 Å². The number of rotatable bonds is 11. The summed E-state index contributed by atoms with van der Waals surface area (Å²) >= 11 is 0. The molecule has 0 saturated carbocycles. The maximum Gasteiger partial charge on any atom is 0.329 e. The number of aliphatic hydroxyl groups is 1. The Balaban J connectivity index is 1.83. The number of aryl methyl sites for hydroxylation is 2. The second-order valence-electron chi connectivity index (χ2n) is 7.28. The number of aliphatic hydroxyl groups excluding tert-OH is 1. The van der Waals surface area contributed by atoms with Crippen molar-refractivity contribution < 1.29 is 14.6 Å². The fraction of sp³-hybridized carbons (Fsp3) is 0.476. The normalized spacial score (nSPS) is 12.3. The molecule has 1 aromatic carbocycles. The van der Waals surface area contributed by atoms with Gasteiger partial charge >= 0.3 is 5.69 Å². The van der Waals surface area contributed by atoms with Gasteiger partial charge in [-0.2, -0.15) is 4.98 Å². The van der Waals surface area contributed by atoms with Gasteiger partial charge in [0.05, 0.1) is 6.54 Å². The van der Waals surface area contributed by atoms with E-state index in [1.54, 1.807) is 11.7 Å². The van der Waals surface area contributed by atoms with Crippen LogP contribution in [0.5, 0.6) is 5.75 Å². The lowest BCUT2D eigenvalue weighted by Gasteiger charge is -2.16. The van der Waals surface area contributed by atoms with Crippen LogP contribution in [0.25, 0.3) is 11.2 Å². The molecular formula is C21H29N5O5. The van der Waals surface area contributed by atoms with Gasteiger partial charge < -0.3 is 24.5 Å². The van der Waals surface area contributed by atoms with Gasteiger partial charge in [0.2, 0.25) is 5.95 Å². The van der Waals surface area contributed by atoms with Gasteiger partial charge in [0.25, 0.3) is 5.56 Å². The molecule has 0 aliphatic rings. The lowest BCUT2D eigenvalue weighted by molar-refractivity contribution is 0.0938. The first kappa shape index (κ1) is 22.6. The zero-order chi connectivity index (χ0) is 22.4. The highest BCUT2D eigenvalue weighted by atomic mass is 16.5. The molecule has 0 bridgehead atoms. The van der Waals surface area contributed by atoms with E-state index in [9.17, 15) is 14.7 Å². The third-order valence-corrected chi connectivity index (χ3v) is 4.96. The fourth-order valence-corrected chi connectivity index (χ4v) is 3.28. The summed E-state index contributed by atoms with van der Waals surface area (Å²) in [6.45, 7) is 3.29. The molecule has 2 aromatic heterocycles. The Hall–Kier alpha value is -3.11. The van der Waals surface area contributed by atoms with Gasteiger partial charge in [0.15, 0.2) is 11.2 Å². The highest BCUT2D eigenvalue weighted by Gasteiger charge is 2.19. The third kappa shape index (κ3) is 5.33. The average molecular weight is 431 g/mol. The Bertz CT molecular complexity index is 1130. The zero-order valence-corrected chi connectivity index (χ0v) is 18.1. The van der Waals surface area contributed by atoms with Crippen LogP contribution in [-0.2, 0) is 24.8 Å². The number of benzene rings is 1. The number of H-pyrrole nitrogens is 1. The van der Waals surface area contributed by atoms with Crippen molar-refractivity contribution in [3.8, 4) is 5.75 Å². The minimum Gasteiger partial charge on any atom is -0.491 e. The van der Waals surface area contributed by atoms with Crippen LogP contribution in [0.3, 0.4) is 0 Å². The Morgan fingerprint density at radius 2 is 2.13 bits per heavy atom. The Morgan fingerprint density at radius 3 is 2.87 bits per heavy atom. The molecule has 10 nitrogen and oxygen atoms in total. The smallest absolute Gasteiger partial charge is 0.329 e. The minimum absolute atomic E-state index is 0.0413. The molecule has 0 aliphatic carbocycles. The number of fused-ring (bicyclic) bond motifs is 1. The van der Waals surface area contributed by atoms with E-state index in [4.69, 9.17) is 9.47 Å². The SMILES string of the molecule is CCc1cccc(OC[C@H](O)Cn2c(NCCCOC)nc3c2c(=O)[nH]c(=O)n3C)c1. The molecule has 0 saturated heterocycles. The summed E-state index contributed by atoms with van der Waals surface area (Å²) in [5, 5.41) is 13.8. The van der Waals surface area contributed by atoms with Crippen LogP contribution >= 0.6 is 0 Å². The number of aromatic amines is 1. The molecule has 0 radical (unpaired) electrons. The quantitative estimate of drug-likeness (QED) is 0.385. The lowest BCUT2D eigenvalue weighted by Crippen LogP contribution is -2.31. The van der Waals surface area contributed by atoms with Gasteiger partial charge in [-0.25, -0.2) is 4.79 Å². The van der Waals surface area contributed by atoms with Crippen LogP contribution < -0.4 is 21.3 Å². The highest BCUT2D eigenvalue weighted by molar-refractivity contribution is 5.74. The number of nitrogens with zero attached hydrogens (tertiary/aromatic N) is 3. The number of imidazole rings is 1. The lowest BCUT2D eigenvalue weighted by atomic mass is 10.2. The number of nitrogens with one attached hydrogen (secondary N) is 2. The summed E-state index contributed by atoms with van der Waals surface area (Å²) in [6, 6.07) is 7.69. The number of ether oxygens (including phenoxy) is 2. The van der Waals surface area contributed by atoms with Gasteiger partial charge in [-0.05, 0) is 30.5 Å². The maximum atomic E-state index is 12.5. The second kappa shape index (κ2) is 10.3. The van der Waals surface area contributed by atoms with Crippen molar-refractivity contribution in [3.05, 3.63) is 50.7 Å². The van der Waals surface area contributed by atoms with E-state index in [0.717, 1.165) is 18.4 Å². The topological polar surface area (TPSA) is 123 Å². The monoisotopic (exact) mass is 431 g/mol. The fourth-order valence-electron chi connectivity index (χ4n) is 3.28. The molecule has 0 fully saturated rings. The number of anilines is 1. The Kier molecular flexibility index (Phi) is 7.48. The summed E-state index contributed by atoms with van der Waals surface area (Å²) < 4.78 is 13.6. The average Bonchev–Trinajstić information content (AvgIpc) is 3.12. The largest absolute Gasteiger partial charge is 0.491 e. The standard InChI is InChI=1S/C21H29N5O5/c1-4-14-7-5-8-16(11-14)31-13-15(27)12-26-17-18(25(2)21(29)24-19(17)28)23-20(26)22-9-6-10-30-3/h5,7-8,11,15,27H,4,6,9-10,12-13H2,1-3H3,(H,22,23)(H,24,28,29)/t15-/m1/s1. The van der Waals surface area contributed by atoms with Gasteiger partial charge in [-0.1, -0.05) is 19.1 Å². The van der Waals surface area contributed by atoms with Crippen LogP contribution in [0.15, 0.2) is 33.9 Å². The zero-order valence-electron chi connectivity index (χ0n) is 18.1. The predicted octanol–water partition coefficient (Wildman–Crippen LogP) is 0.874. The van der Waals surface area contributed by atoms with E-state index in [-0.39, 0.29) is 24.3 Å². The van der Waals surface area contributed by atoms with Crippen molar-refractivity contribution >= 4 is 17.1 Å². The van der Waals surface area contributed by atoms with Crippen LogP contribution in [0.2, 0.25) is 0 Å². The molecule has 10 heteroatoms. The van der Waals surface area contributed by atoms with E-state index in [1.165, 1.54) is 11.6 Å². The Morgan fingerprint density at radius 1 is 1.32 bits per heavy atom. The molecule has 0 aliphatic heterocycles. The van der Waals surface area contributed by atoms with Crippen molar-refractivity contribution in [3.63, 3.8) is 0 Å². The van der Waals surface area contributed by atoms with Gasteiger partial charge in [0, 0.05) is 27.3 Å². The molecule has 3 rings (SSSR count). The number of aromatic nitrogens is 4. The van der Waals surface area contributed by atoms with Crippen molar-refractivity contribution in [2.45, 2.75) is 32.4 Å². The molecule has 3 aromatic rings. The number of methoxy groups -OCH3 is 1. The maximum absolute atomic E-state index is 12.5. The minimum atomic E-state index is -0.904. The van der Waals surface area contributed by atoms with Crippen molar-refractivity contribution in [1.29, 1.82) is 0 Å². The first-order valence-electron chi connectivity index (χ1n) is 10.3. The van der Waals surface area contributed by atoms with Crippen LogP contribution in [-0.4, -0.2) is 57.2 Å². The first-order chi connectivity index (χ1) is 14.9. The van der Waals surface area contributed by atoms with Crippen molar-refractivity contribution in [1.82, 2.24) is 19.1 Å². The van der Waals surface area contributed by atoms with E-state index in [1.807, 2.05) is 24.3 Å². The van der Waals surface area contributed by atoms with E-state index >= 15 is 0 Å². The molecule has 2 heterocycles. The molecule has 1 atom stereocenters. The highest BCUT2D eigenvalue weighted by Crippen LogP contribution is 2.17. The number of hydrogen-bond acceptors (Lipinski definition) is 7. The molecule has 0 amide bonds. The summed E-state index contributed by atoms with van der Waals surface area (Å²) in [4.78, 5) is 31.2. The second-order valence-corrected chi connectivity index (χ2v) is 7.28. The summed E-state index contributed by atoms with van der Waals surface area (Å²) in [6.07, 6.45) is 0.716. The van der Waals surface area contributed by atoms with Crippen LogP contribution in [0, 0.1) is 0 Å². The molecule has 0 spiro atoms. The van der Waals surface area contributed by atoms with E-state index in [2.05, 4.69) is 22.2 Å². The van der Waals surface area contributed by atoms with Crippen molar-refractivity contribution in [2.24, 2.45) is 7.05 Å². The summed E-state index contributed by atoms with van der Waals surface area (Å²) in [5.41, 5.74) is 0.491. The summed E-state index contributed by atoms with van der Waals surface area (Å²) in [5.74, 6) is 1.07. The summed E-state index contributed by atoms with van der Waals surface area (Å²) in [7, 11) is 3.16. The molecule has 31 heavy (non-hydrogen) atoms. The van der Waals surface area contributed by atoms with E-state index < -0.39 is 17.4 Å². The number of hydrogen-bond donors (Lipinski definition) is 3. The van der Waals surface area contributed by atoms with Crippen molar-refractivity contribution in [2.75, 3.05) is 32.2 Å².